The van der Waals surface area contributed by atoms with Crippen molar-refractivity contribution in [3.05, 3.63) is 55.6 Å². The van der Waals surface area contributed by atoms with Crippen LogP contribution in [0.15, 0.2) is 43.1 Å². The van der Waals surface area contributed by atoms with Gasteiger partial charge in [-0.3, -0.25) is 19.5 Å². The second-order valence-electron chi connectivity index (χ2n) is 4.73. The van der Waals surface area contributed by atoms with Gasteiger partial charge in [-0.2, -0.15) is 16.3 Å². The van der Waals surface area contributed by atoms with E-state index in [1.807, 2.05) is 16.8 Å². The second kappa shape index (κ2) is 7.04. The number of rotatable bonds is 6. The highest BCUT2D eigenvalue weighted by atomic mass is 32.1. The molecule has 0 aliphatic heterocycles. The molecular weight excluding hydrogens is 336 g/mol. The third kappa shape index (κ3) is 3.84. The lowest BCUT2D eigenvalue weighted by Crippen LogP contribution is -2.29. The minimum Gasteiger partial charge on any atom is -0.455 e. The Morgan fingerprint density at radius 1 is 1.33 bits per heavy atom. The van der Waals surface area contributed by atoms with Crippen LogP contribution in [-0.4, -0.2) is 25.9 Å². The van der Waals surface area contributed by atoms with E-state index in [1.165, 1.54) is 11.3 Å². The first-order chi connectivity index (χ1) is 11.6. The maximum atomic E-state index is 11.7. The molecule has 0 saturated carbocycles. The number of hydrogen-bond acceptors (Lipinski definition) is 8. The average Bonchev–Trinajstić information content (AvgIpc) is 3.24. The van der Waals surface area contributed by atoms with Crippen LogP contribution in [0.4, 0.5) is 0 Å². The number of nitrogens with zero attached hydrogens (tertiary/aromatic N) is 3. The van der Waals surface area contributed by atoms with Crippen molar-refractivity contribution in [3.63, 3.8) is 0 Å². The standard InChI is InChI=1S/C14H12N4O5S/c19-10-1-2-12(20)18(16-10)5-3-13(21)22-7-11-15-14(17-23-11)9-4-6-24-8-9/h1-2,4,6,8H,3,5,7H2,(H,16,19). The summed E-state index contributed by atoms with van der Waals surface area (Å²) >= 11 is 1.51. The first kappa shape index (κ1) is 15.9. The number of carbonyl (C=O) groups is 1. The summed E-state index contributed by atoms with van der Waals surface area (Å²) in [7, 11) is 0. The summed E-state index contributed by atoms with van der Waals surface area (Å²) in [4.78, 5) is 38.4. The zero-order valence-electron chi connectivity index (χ0n) is 12.3. The van der Waals surface area contributed by atoms with E-state index in [4.69, 9.17) is 9.26 Å². The highest BCUT2D eigenvalue weighted by molar-refractivity contribution is 7.08. The van der Waals surface area contributed by atoms with Gasteiger partial charge in [-0.25, -0.2) is 4.68 Å². The predicted octanol–water partition coefficient (Wildman–Crippen LogP) is 0.782. The van der Waals surface area contributed by atoms with E-state index in [9.17, 15) is 14.4 Å². The van der Waals surface area contributed by atoms with E-state index < -0.39 is 17.1 Å². The first-order valence-corrected chi connectivity index (χ1v) is 7.87. The summed E-state index contributed by atoms with van der Waals surface area (Å²) < 4.78 is 11.1. The molecule has 0 amide bonds. The van der Waals surface area contributed by atoms with Crippen molar-refractivity contribution in [1.29, 1.82) is 0 Å². The van der Waals surface area contributed by atoms with Crippen LogP contribution in [0.1, 0.15) is 12.3 Å². The molecule has 0 atom stereocenters. The van der Waals surface area contributed by atoms with Gasteiger partial charge in [0.05, 0.1) is 13.0 Å². The number of aromatic nitrogens is 4. The smallest absolute Gasteiger partial charge is 0.308 e. The number of H-pyrrole nitrogens is 1. The lowest BCUT2D eigenvalue weighted by atomic mass is 10.3. The fourth-order valence-electron chi connectivity index (χ4n) is 1.87. The Morgan fingerprint density at radius 3 is 3.00 bits per heavy atom. The zero-order chi connectivity index (χ0) is 16.9. The molecule has 3 aromatic heterocycles. The summed E-state index contributed by atoms with van der Waals surface area (Å²) in [5.74, 6) is 0.0485. The second-order valence-corrected chi connectivity index (χ2v) is 5.51. The van der Waals surface area contributed by atoms with E-state index >= 15 is 0 Å². The van der Waals surface area contributed by atoms with Gasteiger partial charge in [0, 0.05) is 23.1 Å². The Hall–Kier alpha value is -3.01. The van der Waals surface area contributed by atoms with E-state index in [1.54, 1.807) is 0 Å². The third-order valence-corrected chi connectivity index (χ3v) is 3.72. The molecule has 0 spiro atoms. The van der Waals surface area contributed by atoms with Gasteiger partial charge >= 0.3 is 5.97 Å². The Labute approximate surface area is 138 Å². The molecule has 3 heterocycles. The van der Waals surface area contributed by atoms with Gasteiger partial charge in [0.25, 0.3) is 17.0 Å². The Bertz CT molecular complexity index is 940. The molecule has 0 radical (unpaired) electrons. The molecule has 0 aliphatic rings. The van der Waals surface area contributed by atoms with Crippen LogP contribution in [0.3, 0.4) is 0 Å². The van der Waals surface area contributed by atoms with E-state index in [0.29, 0.717) is 5.82 Å². The van der Waals surface area contributed by atoms with Crippen LogP contribution < -0.4 is 11.1 Å². The molecule has 0 unspecified atom stereocenters. The van der Waals surface area contributed by atoms with Crippen molar-refractivity contribution in [2.24, 2.45) is 0 Å². The van der Waals surface area contributed by atoms with Crippen LogP contribution in [0.2, 0.25) is 0 Å². The maximum Gasteiger partial charge on any atom is 0.308 e. The molecule has 124 valence electrons. The van der Waals surface area contributed by atoms with Gasteiger partial charge in [-0.15, -0.1) is 0 Å². The van der Waals surface area contributed by atoms with Gasteiger partial charge < -0.3 is 9.26 Å². The molecule has 0 aromatic carbocycles. The summed E-state index contributed by atoms with van der Waals surface area (Å²) in [5.41, 5.74) is 0.00299. The monoisotopic (exact) mass is 348 g/mol. The van der Waals surface area contributed by atoms with Crippen molar-refractivity contribution in [2.75, 3.05) is 0 Å². The van der Waals surface area contributed by atoms with Crippen molar-refractivity contribution in [3.8, 4) is 11.4 Å². The van der Waals surface area contributed by atoms with Gasteiger partial charge in [-0.1, -0.05) is 5.16 Å². The molecule has 10 heteroatoms. The maximum absolute atomic E-state index is 11.7. The lowest BCUT2D eigenvalue weighted by Gasteiger charge is -2.04. The van der Waals surface area contributed by atoms with Gasteiger partial charge in [-0.05, 0) is 11.4 Å². The Kier molecular flexibility index (Phi) is 4.66. The predicted molar refractivity (Wildman–Crippen MR) is 83.3 cm³/mol. The SMILES string of the molecule is O=C(CCn1[nH]c(=O)ccc1=O)OCc1nc(-c2ccsc2)no1. The molecule has 3 rings (SSSR count). The summed E-state index contributed by atoms with van der Waals surface area (Å²) in [6.45, 7) is -0.145. The number of nitrogens with one attached hydrogen (secondary N) is 1. The highest BCUT2D eigenvalue weighted by Crippen LogP contribution is 2.18. The number of thiophene rings is 1. The van der Waals surface area contributed by atoms with Crippen LogP contribution in [0, 0.1) is 0 Å². The Balaban J connectivity index is 1.52. The molecular formula is C14H12N4O5S. The number of ether oxygens (including phenoxy) is 1. The minimum atomic E-state index is -0.554. The number of aryl methyl sites for hydroxylation is 1. The summed E-state index contributed by atoms with van der Waals surface area (Å²) in [6.07, 6.45) is -0.0780. The average molecular weight is 348 g/mol. The highest BCUT2D eigenvalue weighted by Gasteiger charge is 2.11. The summed E-state index contributed by atoms with van der Waals surface area (Å²) in [5, 5.41) is 9.88. The normalized spacial score (nSPS) is 10.7. The number of aromatic amines is 1. The van der Waals surface area contributed by atoms with E-state index in [0.717, 1.165) is 22.4 Å². The van der Waals surface area contributed by atoms with E-state index in [-0.39, 0.29) is 25.5 Å². The van der Waals surface area contributed by atoms with Gasteiger partial charge in [0.2, 0.25) is 5.82 Å². The topological polar surface area (TPSA) is 120 Å². The number of carbonyl (C=O) groups excluding carboxylic acids is 1. The van der Waals surface area contributed by atoms with Gasteiger partial charge in [0.15, 0.2) is 6.61 Å². The third-order valence-electron chi connectivity index (χ3n) is 3.03. The molecule has 9 nitrogen and oxygen atoms in total. The van der Waals surface area contributed by atoms with Crippen molar-refractivity contribution in [1.82, 2.24) is 19.9 Å². The van der Waals surface area contributed by atoms with Crippen LogP contribution in [0.5, 0.6) is 0 Å². The first-order valence-electron chi connectivity index (χ1n) is 6.93. The minimum absolute atomic E-state index is 0.0116. The van der Waals surface area contributed by atoms with Crippen molar-refractivity contribution in [2.45, 2.75) is 19.6 Å². The molecule has 0 saturated heterocycles. The number of hydrogen-bond donors (Lipinski definition) is 1. The lowest BCUT2D eigenvalue weighted by molar-refractivity contribution is -0.146. The summed E-state index contributed by atoms with van der Waals surface area (Å²) in [6, 6.07) is 4.11. The van der Waals surface area contributed by atoms with Crippen LogP contribution >= 0.6 is 11.3 Å². The van der Waals surface area contributed by atoms with Crippen molar-refractivity contribution < 1.29 is 14.1 Å². The fourth-order valence-corrected chi connectivity index (χ4v) is 2.50. The zero-order valence-corrected chi connectivity index (χ0v) is 13.1. The fraction of sp³-hybridized carbons (Fsp3) is 0.214. The van der Waals surface area contributed by atoms with Crippen LogP contribution in [0.25, 0.3) is 11.4 Å². The molecule has 0 fully saturated rings. The number of esters is 1. The molecule has 1 N–H and O–H groups in total. The molecule has 3 aromatic rings. The largest absolute Gasteiger partial charge is 0.455 e. The van der Waals surface area contributed by atoms with Crippen LogP contribution in [-0.2, 0) is 22.7 Å². The van der Waals surface area contributed by atoms with E-state index in [2.05, 4.69) is 15.2 Å². The molecule has 0 aliphatic carbocycles. The quantitative estimate of drug-likeness (QED) is 0.654. The molecule has 24 heavy (non-hydrogen) atoms. The van der Waals surface area contributed by atoms with Crippen molar-refractivity contribution >= 4 is 17.3 Å². The van der Waals surface area contributed by atoms with Gasteiger partial charge in [0.1, 0.15) is 0 Å². The Morgan fingerprint density at radius 2 is 2.21 bits per heavy atom. The molecule has 0 bridgehead atoms.